The molecule has 0 N–H and O–H groups in total. The standard InChI is InChI=1S/C20H13ClFN3/c1-12-15(10-13-5-7-14(22)8-6-13)18(21)20-19(16(12)11-23)24-17-4-2-3-9-25(17)20/h2-9H,10H2,1H3. The highest BCUT2D eigenvalue weighted by Gasteiger charge is 2.20. The van der Waals surface area contributed by atoms with Crippen LogP contribution in [0.4, 0.5) is 4.39 Å². The maximum absolute atomic E-state index is 13.2. The number of pyridine rings is 1. The van der Waals surface area contributed by atoms with Gasteiger partial charge in [-0.2, -0.15) is 5.26 Å². The minimum absolute atomic E-state index is 0.276. The molecule has 0 radical (unpaired) electrons. The first-order chi connectivity index (χ1) is 12.1. The number of hydrogen-bond acceptors (Lipinski definition) is 2. The normalized spacial score (nSPS) is 11.1. The Morgan fingerprint density at radius 1 is 1.20 bits per heavy atom. The summed E-state index contributed by atoms with van der Waals surface area (Å²) in [5, 5.41) is 10.2. The van der Waals surface area contributed by atoms with Crippen LogP contribution in [0.15, 0.2) is 48.7 Å². The zero-order valence-corrected chi connectivity index (χ0v) is 14.2. The van der Waals surface area contributed by atoms with Gasteiger partial charge < -0.3 is 0 Å². The van der Waals surface area contributed by atoms with E-state index < -0.39 is 0 Å². The summed E-state index contributed by atoms with van der Waals surface area (Å²) in [7, 11) is 0. The lowest BCUT2D eigenvalue weighted by Gasteiger charge is -2.12. The predicted octanol–water partition coefficient (Wildman–Crippen LogP) is 5.05. The quantitative estimate of drug-likeness (QED) is 0.508. The molecule has 2 aromatic carbocycles. The van der Waals surface area contributed by atoms with Crippen LogP contribution < -0.4 is 0 Å². The van der Waals surface area contributed by atoms with Crippen LogP contribution >= 0.6 is 11.6 Å². The van der Waals surface area contributed by atoms with Crippen LogP contribution in [0.3, 0.4) is 0 Å². The fraction of sp³-hybridized carbons (Fsp3) is 0.100. The van der Waals surface area contributed by atoms with E-state index >= 15 is 0 Å². The number of benzene rings is 2. The smallest absolute Gasteiger partial charge is 0.138 e. The second-order valence-electron chi connectivity index (χ2n) is 5.95. The van der Waals surface area contributed by atoms with Crippen molar-refractivity contribution in [1.82, 2.24) is 9.38 Å². The summed E-state index contributed by atoms with van der Waals surface area (Å²) >= 11 is 6.73. The number of aromatic nitrogens is 2. The van der Waals surface area contributed by atoms with Gasteiger partial charge in [0.2, 0.25) is 0 Å². The summed E-state index contributed by atoms with van der Waals surface area (Å²) in [6.07, 6.45) is 2.41. The molecule has 5 heteroatoms. The Hall–Kier alpha value is -2.90. The summed E-state index contributed by atoms with van der Waals surface area (Å²) < 4.78 is 15.1. The molecule has 122 valence electrons. The van der Waals surface area contributed by atoms with E-state index in [9.17, 15) is 9.65 Å². The SMILES string of the molecule is Cc1c(Cc2ccc(F)cc2)c(Cl)c2c(nc3ccccn32)c1C#N. The van der Waals surface area contributed by atoms with Crippen molar-refractivity contribution in [3.8, 4) is 6.07 Å². The minimum Gasteiger partial charge on any atom is -0.298 e. The Bertz CT molecular complexity index is 1150. The molecular formula is C20H13ClFN3. The average Bonchev–Trinajstić information content (AvgIpc) is 3.00. The number of imidazole rings is 1. The first-order valence-corrected chi connectivity index (χ1v) is 8.20. The molecule has 0 saturated carbocycles. The van der Waals surface area contributed by atoms with E-state index in [0.29, 0.717) is 22.5 Å². The molecule has 2 aromatic heterocycles. The molecule has 0 amide bonds. The number of halogens is 2. The lowest BCUT2D eigenvalue weighted by Crippen LogP contribution is -1.99. The molecule has 0 aliphatic heterocycles. The van der Waals surface area contributed by atoms with E-state index in [-0.39, 0.29) is 5.82 Å². The number of rotatable bonds is 2. The zero-order chi connectivity index (χ0) is 17.6. The van der Waals surface area contributed by atoms with Gasteiger partial charge in [-0.3, -0.25) is 4.40 Å². The van der Waals surface area contributed by atoms with Crippen LogP contribution in [0, 0.1) is 24.1 Å². The summed E-state index contributed by atoms with van der Waals surface area (Å²) in [5.74, 6) is -0.276. The molecule has 0 bridgehead atoms. The first kappa shape index (κ1) is 15.6. The van der Waals surface area contributed by atoms with Gasteiger partial charge in [0.05, 0.1) is 16.1 Å². The van der Waals surface area contributed by atoms with Crippen molar-refractivity contribution >= 4 is 28.3 Å². The third-order valence-corrected chi connectivity index (χ3v) is 4.88. The van der Waals surface area contributed by atoms with Crippen molar-refractivity contribution < 1.29 is 4.39 Å². The summed E-state index contributed by atoms with van der Waals surface area (Å²) in [4.78, 5) is 4.57. The number of nitrogens with zero attached hydrogens (tertiary/aromatic N) is 3. The fourth-order valence-electron chi connectivity index (χ4n) is 3.17. The van der Waals surface area contributed by atoms with Gasteiger partial charge in [0, 0.05) is 6.20 Å². The summed E-state index contributed by atoms with van der Waals surface area (Å²) in [6, 6.07) is 14.3. The lowest BCUT2D eigenvalue weighted by molar-refractivity contribution is 0.627. The molecule has 25 heavy (non-hydrogen) atoms. The van der Waals surface area contributed by atoms with Crippen LogP contribution in [0.2, 0.25) is 5.02 Å². The first-order valence-electron chi connectivity index (χ1n) is 7.82. The van der Waals surface area contributed by atoms with Gasteiger partial charge >= 0.3 is 0 Å². The predicted molar refractivity (Wildman–Crippen MR) is 96.4 cm³/mol. The molecule has 0 saturated heterocycles. The van der Waals surface area contributed by atoms with Crippen LogP contribution in [0.25, 0.3) is 16.7 Å². The molecule has 0 aliphatic rings. The van der Waals surface area contributed by atoms with E-state index in [4.69, 9.17) is 11.6 Å². The van der Waals surface area contributed by atoms with Gasteiger partial charge in [-0.1, -0.05) is 29.8 Å². The Morgan fingerprint density at radius 3 is 2.68 bits per heavy atom. The van der Waals surface area contributed by atoms with Crippen molar-refractivity contribution in [2.75, 3.05) is 0 Å². The molecule has 0 aliphatic carbocycles. The molecule has 0 unspecified atom stereocenters. The number of nitriles is 1. The van der Waals surface area contributed by atoms with Gasteiger partial charge in [0.15, 0.2) is 0 Å². The molecule has 0 fully saturated rings. The Kier molecular flexibility index (Phi) is 3.67. The molecule has 0 atom stereocenters. The van der Waals surface area contributed by atoms with Gasteiger partial charge in [-0.05, 0) is 54.3 Å². The second kappa shape index (κ2) is 5.87. The van der Waals surface area contributed by atoms with Gasteiger partial charge in [-0.25, -0.2) is 9.37 Å². The van der Waals surface area contributed by atoms with Crippen LogP contribution in [-0.4, -0.2) is 9.38 Å². The van der Waals surface area contributed by atoms with E-state index in [0.717, 1.165) is 27.9 Å². The zero-order valence-electron chi connectivity index (χ0n) is 13.4. The highest BCUT2D eigenvalue weighted by molar-refractivity contribution is 6.36. The third-order valence-electron chi connectivity index (χ3n) is 4.47. The lowest BCUT2D eigenvalue weighted by atomic mass is 9.95. The highest BCUT2D eigenvalue weighted by atomic mass is 35.5. The molecule has 3 nitrogen and oxygen atoms in total. The van der Waals surface area contributed by atoms with Crippen LogP contribution in [0.5, 0.6) is 0 Å². The second-order valence-corrected chi connectivity index (χ2v) is 6.32. The van der Waals surface area contributed by atoms with E-state index in [2.05, 4.69) is 11.1 Å². The third kappa shape index (κ3) is 2.45. The van der Waals surface area contributed by atoms with E-state index in [1.807, 2.05) is 35.7 Å². The molecular weight excluding hydrogens is 337 g/mol. The van der Waals surface area contributed by atoms with Gasteiger partial charge in [0.1, 0.15) is 23.1 Å². The highest BCUT2D eigenvalue weighted by Crippen LogP contribution is 2.35. The van der Waals surface area contributed by atoms with Crippen molar-refractivity contribution in [2.24, 2.45) is 0 Å². The van der Waals surface area contributed by atoms with Crippen molar-refractivity contribution in [3.63, 3.8) is 0 Å². The Labute approximate surface area is 148 Å². The fourth-order valence-corrected chi connectivity index (χ4v) is 3.56. The van der Waals surface area contributed by atoms with Gasteiger partial charge in [-0.15, -0.1) is 0 Å². The Balaban J connectivity index is 2.02. The molecule has 4 rings (SSSR count). The van der Waals surface area contributed by atoms with Crippen molar-refractivity contribution in [2.45, 2.75) is 13.3 Å². The molecule has 4 aromatic rings. The topological polar surface area (TPSA) is 41.1 Å². The van der Waals surface area contributed by atoms with Crippen LogP contribution in [-0.2, 0) is 6.42 Å². The largest absolute Gasteiger partial charge is 0.298 e. The number of fused-ring (bicyclic) bond motifs is 3. The molecule has 2 heterocycles. The van der Waals surface area contributed by atoms with Crippen LogP contribution in [0.1, 0.15) is 22.3 Å². The maximum Gasteiger partial charge on any atom is 0.138 e. The van der Waals surface area contributed by atoms with Crippen molar-refractivity contribution in [1.29, 1.82) is 5.26 Å². The number of hydrogen-bond donors (Lipinski definition) is 0. The minimum atomic E-state index is -0.276. The maximum atomic E-state index is 13.2. The van der Waals surface area contributed by atoms with Gasteiger partial charge in [0.25, 0.3) is 0 Å². The molecule has 0 spiro atoms. The van der Waals surface area contributed by atoms with E-state index in [1.165, 1.54) is 12.1 Å². The summed E-state index contributed by atoms with van der Waals surface area (Å²) in [6.45, 7) is 1.88. The summed E-state index contributed by atoms with van der Waals surface area (Å²) in [5.41, 5.74) is 5.23. The van der Waals surface area contributed by atoms with Crippen molar-refractivity contribution in [3.05, 3.63) is 81.8 Å². The van der Waals surface area contributed by atoms with E-state index in [1.54, 1.807) is 12.1 Å². The monoisotopic (exact) mass is 349 g/mol. The average molecular weight is 350 g/mol. The Morgan fingerprint density at radius 2 is 1.96 bits per heavy atom.